The number of carbonyl (C=O) groups excluding carboxylic acids is 1. The van der Waals surface area contributed by atoms with Crippen LogP contribution in [-0.2, 0) is 6.42 Å². The Morgan fingerprint density at radius 2 is 2.28 bits per heavy atom. The van der Waals surface area contributed by atoms with Crippen LogP contribution in [0.3, 0.4) is 0 Å². The number of H-pyrrole nitrogens is 1. The number of nitrogens with two attached hydrogens (primary N) is 1. The lowest BCUT2D eigenvalue weighted by Crippen LogP contribution is -2.31. The number of aromatic nitrogens is 3. The Morgan fingerprint density at radius 1 is 1.44 bits per heavy atom. The van der Waals surface area contributed by atoms with E-state index in [0.29, 0.717) is 17.8 Å². The Morgan fingerprint density at radius 3 is 3.00 bits per heavy atom. The Balaban J connectivity index is 2.17. The van der Waals surface area contributed by atoms with Gasteiger partial charge in [0.2, 0.25) is 5.95 Å². The van der Waals surface area contributed by atoms with E-state index in [-0.39, 0.29) is 11.9 Å². The minimum absolute atomic E-state index is 0.0369. The second kappa shape index (κ2) is 4.23. The normalized spacial score (nSPS) is 14.2. The number of carbonyl (C=O) groups is 1. The summed E-state index contributed by atoms with van der Waals surface area (Å²) < 4.78 is 0.873. The van der Waals surface area contributed by atoms with Gasteiger partial charge in [0.1, 0.15) is 0 Å². The lowest BCUT2D eigenvalue weighted by Gasteiger charge is -2.11. The average Bonchev–Trinajstić information content (AvgIpc) is 2.68. The van der Waals surface area contributed by atoms with E-state index in [1.165, 1.54) is 0 Å². The van der Waals surface area contributed by atoms with Crippen molar-refractivity contribution in [2.24, 2.45) is 0 Å². The van der Waals surface area contributed by atoms with E-state index in [1.54, 1.807) is 12.3 Å². The predicted octanol–water partition coefficient (Wildman–Crippen LogP) is 0.944. The Labute approximate surface area is 117 Å². The number of anilines is 1. The fraction of sp³-hybridized carbons (Fsp3) is 0.182. The number of nitrogens with one attached hydrogen (secondary N) is 2. The minimum atomic E-state index is -0.0369. The van der Waals surface area contributed by atoms with Crippen molar-refractivity contribution < 1.29 is 4.79 Å². The van der Waals surface area contributed by atoms with Crippen LogP contribution in [0, 0.1) is 3.57 Å². The van der Waals surface area contributed by atoms with E-state index < -0.39 is 0 Å². The first kappa shape index (κ1) is 11.5. The fourth-order valence-electron chi connectivity index (χ4n) is 2.03. The summed E-state index contributed by atoms with van der Waals surface area (Å²) in [4.78, 5) is 23.1. The van der Waals surface area contributed by atoms with Crippen molar-refractivity contribution in [3.05, 3.63) is 27.1 Å². The lowest BCUT2D eigenvalue weighted by molar-refractivity contribution is 0.0945. The van der Waals surface area contributed by atoms with Crippen molar-refractivity contribution in [3.8, 4) is 11.4 Å². The second-order valence-electron chi connectivity index (χ2n) is 3.97. The van der Waals surface area contributed by atoms with Crippen LogP contribution in [0.2, 0.25) is 0 Å². The van der Waals surface area contributed by atoms with Gasteiger partial charge in [0, 0.05) is 24.9 Å². The highest BCUT2D eigenvalue weighted by Crippen LogP contribution is 2.30. The zero-order valence-electron chi connectivity index (χ0n) is 9.33. The van der Waals surface area contributed by atoms with Crippen molar-refractivity contribution in [1.29, 1.82) is 0 Å². The molecule has 0 aromatic carbocycles. The highest BCUT2D eigenvalue weighted by molar-refractivity contribution is 14.1. The predicted molar refractivity (Wildman–Crippen MR) is 75.0 cm³/mol. The molecule has 0 atom stereocenters. The number of hydrogen-bond donors (Lipinski definition) is 3. The van der Waals surface area contributed by atoms with Gasteiger partial charge >= 0.3 is 0 Å². The maximum atomic E-state index is 11.8. The van der Waals surface area contributed by atoms with Crippen LogP contribution >= 0.6 is 22.6 Å². The Kier molecular flexibility index (Phi) is 2.69. The zero-order chi connectivity index (χ0) is 12.7. The molecule has 0 fully saturated rings. The van der Waals surface area contributed by atoms with Gasteiger partial charge in [-0.3, -0.25) is 4.79 Å². The molecule has 3 heterocycles. The number of aromatic amines is 1. The molecule has 3 rings (SSSR count). The molecular formula is C11H10IN5O. The molecule has 0 aliphatic carbocycles. The molecule has 0 unspecified atom stereocenters. The molecular weight excluding hydrogens is 345 g/mol. The molecule has 1 aliphatic rings. The van der Waals surface area contributed by atoms with E-state index in [9.17, 15) is 4.79 Å². The molecule has 0 bridgehead atoms. The van der Waals surface area contributed by atoms with Crippen LogP contribution in [0.1, 0.15) is 16.1 Å². The average molecular weight is 355 g/mol. The molecule has 2 aromatic rings. The second-order valence-corrected chi connectivity index (χ2v) is 5.05. The SMILES string of the molecule is Nc1nccc(-c2[nH]c3c(c2I)C(=O)NCC3)n1. The number of hydrogen-bond acceptors (Lipinski definition) is 4. The van der Waals surface area contributed by atoms with E-state index in [4.69, 9.17) is 5.73 Å². The summed E-state index contributed by atoms with van der Waals surface area (Å²) in [6.07, 6.45) is 2.41. The quantitative estimate of drug-likeness (QED) is 0.664. The molecule has 2 aromatic heterocycles. The van der Waals surface area contributed by atoms with Gasteiger partial charge in [0.25, 0.3) is 5.91 Å². The molecule has 0 saturated heterocycles. The zero-order valence-corrected chi connectivity index (χ0v) is 11.5. The van der Waals surface area contributed by atoms with Crippen LogP contribution in [-0.4, -0.2) is 27.4 Å². The van der Waals surface area contributed by atoms with Crippen molar-refractivity contribution in [2.45, 2.75) is 6.42 Å². The third kappa shape index (κ3) is 1.74. The number of nitrogens with zero attached hydrogens (tertiary/aromatic N) is 2. The van der Waals surface area contributed by atoms with Crippen LogP contribution in [0.5, 0.6) is 0 Å². The summed E-state index contributed by atoms with van der Waals surface area (Å²) >= 11 is 2.16. The third-order valence-electron chi connectivity index (χ3n) is 2.83. The summed E-state index contributed by atoms with van der Waals surface area (Å²) in [5, 5.41) is 2.83. The van der Waals surface area contributed by atoms with Crippen molar-refractivity contribution >= 4 is 34.4 Å². The third-order valence-corrected chi connectivity index (χ3v) is 3.91. The fourth-order valence-corrected chi connectivity index (χ4v) is 3.01. The molecule has 0 spiro atoms. The van der Waals surface area contributed by atoms with E-state index >= 15 is 0 Å². The lowest BCUT2D eigenvalue weighted by atomic mass is 10.1. The van der Waals surface area contributed by atoms with Gasteiger partial charge in [0.15, 0.2) is 0 Å². The molecule has 1 amide bonds. The minimum Gasteiger partial charge on any atom is -0.368 e. The summed E-state index contributed by atoms with van der Waals surface area (Å²) in [6.45, 7) is 0.660. The smallest absolute Gasteiger partial charge is 0.254 e. The molecule has 92 valence electrons. The van der Waals surface area contributed by atoms with Gasteiger partial charge in [-0.15, -0.1) is 0 Å². The number of fused-ring (bicyclic) bond motifs is 1. The van der Waals surface area contributed by atoms with E-state index in [1.807, 2.05) is 0 Å². The first-order valence-electron chi connectivity index (χ1n) is 5.44. The van der Waals surface area contributed by atoms with Crippen molar-refractivity contribution in [2.75, 3.05) is 12.3 Å². The van der Waals surface area contributed by atoms with Gasteiger partial charge in [-0.05, 0) is 28.7 Å². The molecule has 4 N–H and O–H groups in total. The molecule has 0 radical (unpaired) electrons. The molecule has 18 heavy (non-hydrogen) atoms. The number of nitrogen functional groups attached to an aromatic ring is 1. The summed E-state index contributed by atoms with van der Waals surface area (Å²) in [6, 6.07) is 1.77. The topological polar surface area (TPSA) is 96.7 Å². The Hall–Kier alpha value is -1.64. The summed E-state index contributed by atoms with van der Waals surface area (Å²) in [5.41, 5.74) is 8.78. The van der Waals surface area contributed by atoms with Gasteiger partial charge in [-0.2, -0.15) is 0 Å². The molecule has 1 aliphatic heterocycles. The van der Waals surface area contributed by atoms with Crippen LogP contribution in [0.25, 0.3) is 11.4 Å². The largest absolute Gasteiger partial charge is 0.368 e. The van der Waals surface area contributed by atoms with Crippen molar-refractivity contribution in [3.63, 3.8) is 0 Å². The standard InChI is InChI=1S/C11H10IN5O/c12-8-7-5(1-3-14-10(7)18)16-9(8)6-2-4-15-11(13)17-6/h2,4,16H,1,3H2,(H,14,18)(H2,13,15,17). The van der Waals surface area contributed by atoms with Crippen LogP contribution < -0.4 is 11.1 Å². The number of amides is 1. The summed E-state index contributed by atoms with van der Waals surface area (Å²) in [7, 11) is 0. The molecule has 7 heteroatoms. The highest BCUT2D eigenvalue weighted by Gasteiger charge is 2.25. The number of halogens is 1. The highest BCUT2D eigenvalue weighted by atomic mass is 127. The van der Waals surface area contributed by atoms with Gasteiger partial charge in [0.05, 0.1) is 20.5 Å². The summed E-state index contributed by atoms with van der Waals surface area (Å²) in [5.74, 6) is 0.186. The van der Waals surface area contributed by atoms with Crippen molar-refractivity contribution in [1.82, 2.24) is 20.3 Å². The number of rotatable bonds is 1. The van der Waals surface area contributed by atoms with Crippen LogP contribution in [0.4, 0.5) is 5.95 Å². The first-order valence-corrected chi connectivity index (χ1v) is 6.52. The molecule has 0 saturated carbocycles. The van der Waals surface area contributed by atoms with Crippen LogP contribution in [0.15, 0.2) is 12.3 Å². The Bertz CT molecular complexity index is 636. The first-order chi connectivity index (χ1) is 8.66. The van der Waals surface area contributed by atoms with Gasteiger partial charge in [-0.1, -0.05) is 0 Å². The van der Waals surface area contributed by atoms with E-state index in [0.717, 1.165) is 21.4 Å². The maximum absolute atomic E-state index is 11.8. The van der Waals surface area contributed by atoms with E-state index in [2.05, 4.69) is 42.9 Å². The molecule has 6 nitrogen and oxygen atoms in total. The monoisotopic (exact) mass is 355 g/mol. The van der Waals surface area contributed by atoms with Gasteiger partial charge < -0.3 is 16.0 Å². The van der Waals surface area contributed by atoms with Gasteiger partial charge in [-0.25, -0.2) is 9.97 Å². The maximum Gasteiger partial charge on any atom is 0.254 e.